The molecule has 1 rings (SSSR count). The van der Waals surface area contributed by atoms with Crippen LogP contribution in [-0.4, -0.2) is 35.8 Å². The monoisotopic (exact) mass is 324 g/mol. The number of carbonyl (C=O) groups is 1. The predicted molar refractivity (Wildman–Crippen MR) is 94.3 cm³/mol. The van der Waals surface area contributed by atoms with Crippen molar-refractivity contribution in [1.82, 2.24) is 0 Å². The highest BCUT2D eigenvalue weighted by molar-refractivity contribution is 7.99. The van der Waals surface area contributed by atoms with Gasteiger partial charge in [-0.2, -0.15) is 11.8 Å². The fourth-order valence-corrected chi connectivity index (χ4v) is 3.42. The molecule has 0 amide bonds. The summed E-state index contributed by atoms with van der Waals surface area (Å²) in [4.78, 5) is 10.3. The molecule has 2 atom stereocenters. The van der Waals surface area contributed by atoms with E-state index in [9.17, 15) is 4.79 Å². The maximum Gasteiger partial charge on any atom is 0.327 e. The van der Waals surface area contributed by atoms with Crippen molar-refractivity contribution >= 4 is 17.7 Å². The molecule has 1 N–H and O–H groups in total. The van der Waals surface area contributed by atoms with Crippen molar-refractivity contribution in [3.63, 3.8) is 0 Å². The van der Waals surface area contributed by atoms with Gasteiger partial charge in [-0.3, -0.25) is 0 Å². The molecule has 0 radical (unpaired) electrons. The van der Waals surface area contributed by atoms with Crippen LogP contribution in [0.15, 0.2) is 36.5 Å². The zero-order valence-electron chi connectivity index (χ0n) is 13.4. The minimum absolute atomic E-state index is 0.604. The summed E-state index contributed by atoms with van der Waals surface area (Å²) in [5, 5.41) is 8.49. The van der Waals surface area contributed by atoms with Gasteiger partial charge in [0.1, 0.15) is 0 Å². The van der Waals surface area contributed by atoms with Crippen LogP contribution >= 0.6 is 11.8 Å². The number of unbranched alkanes of at least 4 members (excludes halogenated alkanes) is 1. The Morgan fingerprint density at radius 3 is 2.77 bits per heavy atom. The summed E-state index contributed by atoms with van der Waals surface area (Å²) in [6.45, 7) is 3.93. The van der Waals surface area contributed by atoms with Crippen molar-refractivity contribution in [3.05, 3.63) is 36.5 Å². The lowest BCUT2D eigenvalue weighted by Gasteiger charge is -2.14. The number of aliphatic carboxylic acids is 1. The van der Waals surface area contributed by atoms with E-state index in [2.05, 4.69) is 25.2 Å². The van der Waals surface area contributed by atoms with Gasteiger partial charge in [0.25, 0.3) is 0 Å². The number of carboxylic acid groups (broad SMARTS) is 1. The minimum atomic E-state index is -0.886. The van der Waals surface area contributed by atoms with Crippen LogP contribution in [0.5, 0.6) is 0 Å². The summed E-state index contributed by atoms with van der Waals surface area (Å²) in [7, 11) is 0. The average Bonchev–Trinajstić information content (AvgIpc) is 2.93. The van der Waals surface area contributed by atoms with E-state index in [4.69, 9.17) is 9.84 Å². The summed E-state index contributed by atoms with van der Waals surface area (Å²) in [5.74, 6) is 2.62. The second kappa shape index (κ2) is 12.5. The van der Waals surface area contributed by atoms with Crippen LogP contribution in [0, 0.1) is 11.8 Å². The average molecular weight is 324 g/mol. The first-order chi connectivity index (χ1) is 10.7. The normalized spacial score (nSPS) is 22.4. The molecule has 22 heavy (non-hydrogen) atoms. The summed E-state index contributed by atoms with van der Waals surface area (Å²) >= 11 is 1.99. The van der Waals surface area contributed by atoms with Gasteiger partial charge in [-0.25, -0.2) is 4.79 Å². The first-order valence-corrected chi connectivity index (χ1v) is 9.24. The van der Waals surface area contributed by atoms with Crippen LogP contribution in [0.4, 0.5) is 0 Å². The van der Waals surface area contributed by atoms with Crippen LogP contribution < -0.4 is 0 Å². The van der Waals surface area contributed by atoms with Gasteiger partial charge in [0.15, 0.2) is 0 Å². The molecule has 4 heteroatoms. The molecule has 1 heterocycles. The molecule has 0 aromatic rings. The quantitative estimate of drug-likeness (QED) is 0.349. The van der Waals surface area contributed by atoms with Crippen LogP contribution in [0.3, 0.4) is 0 Å². The number of rotatable bonds is 11. The molecule has 1 aliphatic heterocycles. The summed E-state index contributed by atoms with van der Waals surface area (Å²) in [6, 6.07) is 0. The molecule has 1 fully saturated rings. The molecular weight excluding hydrogens is 296 g/mol. The Morgan fingerprint density at radius 1 is 1.18 bits per heavy atom. The van der Waals surface area contributed by atoms with Gasteiger partial charge < -0.3 is 9.84 Å². The summed E-state index contributed by atoms with van der Waals surface area (Å²) < 4.78 is 5.62. The van der Waals surface area contributed by atoms with Crippen molar-refractivity contribution < 1.29 is 14.6 Å². The lowest BCUT2D eigenvalue weighted by Crippen LogP contribution is -2.14. The number of allylic oxidation sites excluding steroid dienone is 4. The van der Waals surface area contributed by atoms with Crippen molar-refractivity contribution in [2.75, 3.05) is 24.7 Å². The SMILES string of the molecule is CCCC=CCSC[C@H]1COC[C@H]1CC=CC/C=C\C(=O)O. The van der Waals surface area contributed by atoms with E-state index in [0.29, 0.717) is 18.3 Å². The fraction of sp³-hybridized carbons (Fsp3) is 0.611. The van der Waals surface area contributed by atoms with Gasteiger partial charge in [-0.05, 0) is 36.9 Å². The van der Waals surface area contributed by atoms with E-state index in [-0.39, 0.29) is 0 Å². The molecule has 0 bridgehead atoms. The third kappa shape index (κ3) is 9.11. The number of hydrogen-bond acceptors (Lipinski definition) is 3. The molecule has 3 nitrogen and oxygen atoms in total. The number of carboxylic acids is 1. The van der Waals surface area contributed by atoms with Gasteiger partial charge in [-0.1, -0.05) is 43.7 Å². The second-order valence-electron chi connectivity index (χ2n) is 5.54. The second-order valence-corrected chi connectivity index (χ2v) is 6.61. The van der Waals surface area contributed by atoms with E-state index < -0.39 is 5.97 Å². The molecule has 0 aromatic heterocycles. The third-order valence-electron chi connectivity index (χ3n) is 3.64. The van der Waals surface area contributed by atoms with E-state index in [1.54, 1.807) is 6.08 Å². The van der Waals surface area contributed by atoms with Gasteiger partial charge in [0.2, 0.25) is 0 Å². The molecule has 0 unspecified atom stereocenters. The highest BCUT2D eigenvalue weighted by atomic mass is 32.2. The highest BCUT2D eigenvalue weighted by Crippen LogP contribution is 2.27. The Balaban J connectivity index is 2.17. The topological polar surface area (TPSA) is 46.5 Å². The standard InChI is InChI=1S/C18H28O3S/c1-2-3-4-9-12-22-15-17-14-21-13-16(17)10-7-5-6-8-11-18(19)20/h4-5,7-9,11,16-17H,2-3,6,10,12-15H2,1H3,(H,19,20)/b7-5?,9-4?,11-8-/t16-,17-/m1/s1. The molecule has 0 saturated carbocycles. The smallest absolute Gasteiger partial charge is 0.327 e. The zero-order chi connectivity index (χ0) is 16.0. The Bertz CT molecular complexity index is 388. The van der Waals surface area contributed by atoms with Crippen molar-refractivity contribution in [2.45, 2.75) is 32.6 Å². The van der Waals surface area contributed by atoms with Crippen LogP contribution in [0.1, 0.15) is 32.6 Å². The molecule has 124 valence electrons. The van der Waals surface area contributed by atoms with Crippen molar-refractivity contribution in [2.24, 2.45) is 11.8 Å². The maximum absolute atomic E-state index is 10.3. The highest BCUT2D eigenvalue weighted by Gasteiger charge is 2.26. The molecule has 1 aliphatic rings. The van der Waals surface area contributed by atoms with Gasteiger partial charge >= 0.3 is 5.97 Å². The van der Waals surface area contributed by atoms with Crippen molar-refractivity contribution in [1.29, 1.82) is 0 Å². The molecule has 1 saturated heterocycles. The van der Waals surface area contributed by atoms with Crippen LogP contribution in [-0.2, 0) is 9.53 Å². The maximum atomic E-state index is 10.3. The number of thioether (sulfide) groups is 1. The Kier molecular flexibility index (Phi) is 10.9. The van der Waals surface area contributed by atoms with E-state index >= 15 is 0 Å². The van der Waals surface area contributed by atoms with Gasteiger partial charge in [0, 0.05) is 11.8 Å². The molecule has 0 aromatic carbocycles. The van der Waals surface area contributed by atoms with E-state index in [0.717, 1.165) is 31.1 Å². The Morgan fingerprint density at radius 2 is 2.00 bits per heavy atom. The predicted octanol–water partition coefficient (Wildman–Crippen LogP) is 4.32. The molecule has 0 aliphatic carbocycles. The number of hydrogen-bond donors (Lipinski definition) is 1. The third-order valence-corrected chi connectivity index (χ3v) is 4.73. The Labute approximate surface area is 138 Å². The van der Waals surface area contributed by atoms with Crippen LogP contribution in [0.2, 0.25) is 0 Å². The van der Waals surface area contributed by atoms with E-state index in [1.165, 1.54) is 18.9 Å². The summed E-state index contributed by atoms with van der Waals surface area (Å²) in [6.07, 6.45) is 15.7. The van der Waals surface area contributed by atoms with E-state index in [1.807, 2.05) is 17.8 Å². The van der Waals surface area contributed by atoms with Crippen molar-refractivity contribution in [3.8, 4) is 0 Å². The van der Waals surface area contributed by atoms with Gasteiger partial charge in [-0.15, -0.1) is 0 Å². The lowest BCUT2D eigenvalue weighted by molar-refractivity contribution is -0.131. The first kappa shape index (κ1) is 19.0. The fourth-order valence-electron chi connectivity index (χ4n) is 2.34. The largest absolute Gasteiger partial charge is 0.478 e. The molecule has 0 spiro atoms. The lowest BCUT2D eigenvalue weighted by atomic mass is 9.94. The number of ether oxygens (including phenoxy) is 1. The molecular formula is C18H28O3S. The zero-order valence-corrected chi connectivity index (χ0v) is 14.3. The Hall–Kier alpha value is -1.00. The van der Waals surface area contributed by atoms with Crippen LogP contribution in [0.25, 0.3) is 0 Å². The minimum Gasteiger partial charge on any atom is -0.478 e. The first-order valence-electron chi connectivity index (χ1n) is 8.09. The summed E-state index contributed by atoms with van der Waals surface area (Å²) in [5.41, 5.74) is 0. The van der Waals surface area contributed by atoms with Gasteiger partial charge in [0.05, 0.1) is 13.2 Å².